The number of benzene rings is 1. The second-order valence-electron chi connectivity index (χ2n) is 3.78. The van der Waals surface area contributed by atoms with Gasteiger partial charge in [-0.25, -0.2) is 4.98 Å². The highest BCUT2D eigenvalue weighted by Gasteiger charge is 2.07. The van der Waals surface area contributed by atoms with E-state index in [4.69, 9.17) is 0 Å². The van der Waals surface area contributed by atoms with Gasteiger partial charge in [0, 0.05) is 31.1 Å². The number of rotatable bonds is 2. The first-order chi connectivity index (χ1) is 8.74. The lowest BCUT2D eigenvalue weighted by Crippen LogP contribution is -1.82. The molecule has 0 amide bonds. The number of hydrogen-bond donors (Lipinski definition) is 1. The fourth-order valence-electron chi connectivity index (χ4n) is 1.72. The van der Waals surface area contributed by atoms with Gasteiger partial charge in [-0.3, -0.25) is 3.97 Å². The zero-order valence-electron chi connectivity index (χ0n) is 9.25. The second kappa shape index (κ2) is 5.14. The minimum Gasteiger partial charge on any atom is -0.277 e. The van der Waals surface area contributed by atoms with Gasteiger partial charge in [0.05, 0.1) is 0 Å². The second-order valence-corrected chi connectivity index (χ2v) is 6.52. The van der Waals surface area contributed by atoms with Gasteiger partial charge in [-0.15, -0.1) is 0 Å². The minimum atomic E-state index is 0.903. The van der Waals surface area contributed by atoms with Gasteiger partial charge in [-0.1, -0.05) is 42.8 Å². The van der Waals surface area contributed by atoms with Crippen LogP contribution >= 0.6 is 47.2 Å². The van der Waals surface area contributed by atoms with Crippen LogP contribution in [0.3, 0.4) is 0 Å². The third kappa shape index (κ3) is 2.39. The van der Waals surface area contributed by atoms with Crippen LogP contribution in [-0.2, 0) is 0 Å². The Bertz CT molecular complexity index is 695. The summed E-state index contributed by atoms with van der Waals surface area (Å²) in [5.41, 5.74) is 0.903. The van der Waals surface area contributed by atoms with Crippen molar-refractivity contribution in [3.05, 3.63) is 52.4 Å². The van der Waals surface area contributed by atoms with E-state index in [2.05, 4.69) is 58.6 Å². The molecule has 0 spiro atoms. The first kappa shape index (κ1) is 12.4. The summed E-state index contributed by atoms with van der Waals surface area (Å²) in [5.74, 6) is 0. The van der Waals surface area contributed by atoms with Crippen LogP contribution in [-0.4, -0.2) is 8.96 Å². The lowest BCUT2D eigenvalue weighted by molar-refractivity contribution is 1.23. The summed E-state index contributed by atoms with van der Waals surface area (Å²) in [6, 6.07) is 12.5. The maximum absolute atomic E-state index is 4.46. The molecule has 2 nitrogen and oxygen atoms in total. The molecule has 1 aromatic carbocycles. The molecule has 0 radical (unpaired) electrons. The fraction of sp³-hybridized carbons (Fsp3) is 0. The molecule has 0 atom stereocenters. The third-order valence-electron chi connectivity index (χ3n) is 2.53. The molecule has 0 aliphatic rings. The smallest absolute Gasteiger partial charge is 0.150 e. The summed E-state index contributed by atoms with van der Waals surface area (Å²) in [7, 11) is 0. The zero-order chi connectivity index (χ0) is 12.5. The average molecular weight is 384 g/mol. The number of fused-ring (bicyclic) bond motifs is 1. The summed E-state index contributed by atoms with van der Waals surface area (Å²) in [6.45, 7) is 0. The topological polar surface area (TPSA) is 17.8 Å². The van der Waals surface area contributed by atoms with Crippen LogP contribution in [0.4, 0.5) is 0 Å². The van der Waals surface area contributed by atoms with E-state index in [1.54, 1.807) is 15.7 Å². The predicted molar refractivity (Wildman–Crippen MR) is 87.4 cm³/mol. The van der Waals surface area contributed by atoms with Gasteiger partial charge in [0.25, 0.3) is 0 Å². The SMILES string of the molecule is Sn1cc(I)c2cc(Sc3ccccc3)cnc21. The molecule has 3 aromatic rings. The third-order valence-corrected chi connectivity index (χ3v) is 4.66. The van der Waals surface area contributed by atoms with Crippen LogP contribution in [0.25, 0.3) is 11.0 Å². The van der Waals surface area contributed by atoms with Gasteiger partial charge in [0.15, 0.2) is 5.65 Å². The zero-order valence-corrected chi connectivity index (χ0v) is 13.1. The van der Waals surface area contributed by atoms with Gasteiger partial charge in [0.1, 0.15) is 0 Å². The largest absolute Gasteiger partial charge is 0.277 e. The lowest BCUT2D eigenvalue weighted by atomic mass is 10.3. The van der Waals surface area contributed by atoms with Gasteiger partial charge in [-0.2, -0.15) is 0 Å². The number of aromatic nitrogens is 2. The molecule has 3 rings (SSSR count). The first-order valence-electron chi connectivity index (χ1n) is 5.33. The molecule has 0 saturated carbocycles. The molecular weight excluding hydrogens is 375 g/mol. The Kier molecular flexibility index (Phi) is 3.54. The van der Waals surface area contributed by atoms with Crippen molar-refractivity contribution in [1.82, 2.24) is 8.96 Å². The van der Waals surface area contributed by atoms with Crippen molar-refractivity contribution in [2.45, 2.75) is 9.79 Å². The van der Waals surface area contributed by atoms with Crippen LogP contribution in [0.1, 0.15) is 0 Å². The Balaban J connectivity index is 2.01. The molecule has 0 saturated heterocycles. The summed E-state index contributed by atoms with van der Waals surface area (Å²) >= 11 is 8.38. The molecule has 2 aromatic heterocycles. The standard InChI is InChI=1S/C13H9IN2S2/c14-12-8-16(17)13-11(12)6-10(7-15-13)18-9-4-2-1-3-5-9/h1-8,17H. The molecule has 2 heterocycles. The van der Waals surface area contributed by atoms with Crippen molar-refractivity contribution in [3.8, 4) is 0 Å². The monoisotopic (exact) mass is 384 g/mol. The summed E-state index contributed by atoms with van der Waals surface area (Å²) in [6.07, 6.45) is 3.86. The van der Waals surface area contributed by atoms with E-state index in [9.17, 15) is 0 Å². The van der Waals surface area contributed by atoms with Crippen molar-refractivity contribution < 1.29 is 0 Å². The number of halogens is 1. The van der Waals surface area contributed by atoms with E-state index in [0.717, 1.165) is 15.9 Å². The van der Waals surface area contributed by atoms with E-state index in [1.165, 1.54) is 8.47 Å². The average Bonchev–Trinajstić information content (AvgIpc) is 2.66. The van der Waals surface area contributed by atoms with Crippen molar-refractivity contribution in [2.24, 2.45) is 0 Å². The van der Waals surface area contributed by atoms with E-state index in [1.807, 2.05) is 30.6 Å². The van der Waals surface area contributed by atoms with Gasteiger partial charge in [0.2, 0.25) is 0 Å². The predicted octanol–water partition coefficient (Wildman–Crippen LogP) is 4.49. The lowest BCUT2D eigenvalue weighted by Gasteiger charge is -2.01. The van der Waals surface area contributed by atoms with Gasteiger partial charge >= 0.3 is 0 Å². The van der Waals surface area contributed by atoms with Crippen LogP contribution in [0.5, 0.6) is 0 Å². The Morgan fingerprint density at radius 1 is 1.17 bits per heavy atom. The Morgan fingerprint density at radius 3 is 2.72 bits per heavy atom. The Labute approximate surface area is 128 Å². The van der Waals surface area contributed by atoms with Crippen molar-refractivity contribution >= 4 is 58.2 Å². The van der Waals surface area contributed by atoms with Gasteiger partial charge in [-0.05, 0) is 40.8 Å². The molecule has 0 fully saturated rings. The molecule has 0 aliphatic heterocycles. The van der Waals surface area contributed by atoms with E-state index in [-0.39, 0.29) is 0 Å². The highest BCUT2D eigenvalue weighted by atomic mass is 127. The summed E-state index contributed by atoms with van der Waals surface area (Å²) < 4.78 is 2.93. The van der Waals surface area contributed by atoms with Crippen LogP contribution < -0.4 is 0 Å². The maximum atomic E-state index is 4.46. The Hall–Kier alpha value is -0.660. The van der Waals surface area contributed by atoms with Crippen molar-refractivity contribution in [1.29, 1.82) is 0 Å². The number of nitrogens with zero attached hydrogens (tertiary/aromatic N) is 2. The van der Waals surface area contributed by atoms with Crippen molar-refractivity contribution in [2.75, 3.05) is 0 Å². The summed E-state index contributed by atoms with van der Waals surface area (Å²) in [4.78, 5) is 6.82. The fourth-order valence-corrected chi connectivity index (χ4v) is 3.73. The van der Waals surface area contributed by atoms with E-state index in [0.29, 0.717) is 0 Å². The van der Waals surface area contributed by atoms with E-state index < -0.39 is 0 Å². The number of pyridine rings is 1. The number of hydrogen-bond acceptors (Lipinski definition) is 3. The normalized spacial score (nSPS) is 11.0. The molecule has 0 N–H and O–H groups in total. The molecule has 0 bridgehead atoms. The van der Waals surface area contributed by atoms with Crippen molar-refractivity contribution in [3.63, 3.8) is 0 Å². The molecule has 0 unspecified atom stereocenters. The minimum absolute atomic E-state index is 0.903. The quantitative estimate of drug-likeness (QED) is 0.519. The van der Waals surface area contributed by atoms with Crippen LogP contribution in [0.15, 0.2) is 58.6 Å². The van der Waals surface area contributed by atoms with Crippen LogP contribution in [0.2, 0.25) is 0 Å². The van der Waals surface area contributed by atoms with E-state index >= 15 is 0 Å². The highest BCUT2D eigenvalue weighted by Crippen LogP contribution is 2.31. The first-order valence-corrected chi connectivity index (χ1v) is 7.62. The Morgan fingerprint density at radius 2 is 1.94 bits per heavy atom. The summed E-state index contributed by atoms with van der Waals surface area (Å²) in [5, 5.41) is 1.14. The molecule has 18 heavy (non-hydrogen) atoms. The molecule has 90 valence electrons. The van der Waals surface area contributed by atoms with Crippen LogP contribution in [0, 0.1) is 3.57 Å². The number of thiol groups is 1. The molecular formula is C13H9IN2S2. The highest BCUT2D eigenvalue weighted by molar-refractivity contribution is 14.1. The maximum Gasteiger partial charge on any atom is 0.150 e. The van der Waals surface area contributed by atoms with Gasteiger partial charge < -0.3 is 0 Å². The molecule has 0 aliphatic carbocycles. The molecule has 5 heteroatoms.